The number of hydrogen-bond acceptors (Lipinski definition) is 9. The maximum atomic E-state index is 12.4. The summed E-state index contributed by atoms with van der Waals surface area (Å²) in [4.78, 5) is 25.7. The van der Waals surface area contributed by atoms with Gasteiger partial charge < -0.3 is 20.5 Å². The molecule has 1 aromatic heterocycles. The molecule has 0 aliphatic rings. The maximum absolute atomic E-state index is 12.4. The lowest BCUT2D eigenvalue weighted by Gasteiger charge is -2.12. The Morgan fingerprint density at radius 2 is 1.87 bits per heavy atom. The Morgan fingerprint density at radius 1 is 1.13 bits per heavy atom. The van der Waals surface area contributed by atoms with Crippen LogP contribution in [0, 0.1) is 6.92 Å². The van der Waals surface area contributed by atoms with Gasteiger partial charge in [-0.05, 0) is 38.1 Å². The first kappa shape index (κ1) is 21.4. The summed E-state index contributed by atoms with van der Waals surface area (Å²) in [5.74, 6) is 0.779. The number of carbonyl (C=O) groups excluding carboxylic acids is 1. The fraction of sp³-hybridized carbons (Fsp3) is 0.238. The van der Waals surface area contributed by atoms with Gasteiger partial charge in [-0.1, -0.05) is 29.8 Å². The third-order valence-corrected chi connectivity index (χ3v) is 5.15. The summed E-state index contributed by atoms with van der Waals surface area (Å²) >= 11 is 1.43. The monoisotopic (exact) mass is 425 g/mol. The number of methoxy groups -OCH3 is 1. The van der Waals surface area contributed by atoms with Crippen LogP contribution in [0.4, 0.5) is 17.6 Å². The molecule has 1 heterocycles. The molecular formula is C21H23N5O3S. The lowest BCUT2D eigenvalue weighted by molar-refractivity contribution is -0.144. The standard InChI is InChI=1S/C21H23N5O3S/c1-13-8-10-15(11-9-13)30-14(2)19(27)29-12-18-24-20(22)26-21(25-18)23-16-6-4-5-7-17(16)28-3/h4-11,14H,12H2,1-3H3,(H3,22,23,24,25,26). The fourth-order valence-corrected chi connectivity index (χ4v) is 3.41. The Kier molecular flexibility index (Phi) is 7.08. The van der Waals surface area contributed by atoms with Gasteiger partial charge in [-0.3, -0.25) is 4.79 Å². The number of benzene rings is 2. The van der Waals surface area contributed by atoms with Crippen molar-refractivity contribution in [3.8, 4) is 5.75 Å². The van der Waals surface area contributed by atoms with E-state index >= 15 is 0 Å². The van der Waals surface area contributed by atoms with Crippen LogP contribution in [0.5, 0.6) is 5.75 Å². The van der Waals surface area contributed by atoms with Gasteiger partial charge in [0, 0.05) is 4.90 Å². The molecule has 0 bridgehead atoms. The van der Waals surface area contributed by atoms with Gasteiger partial charge in [-0.2, -0.15) is 15.0 Å². The number of hydrogen-bond donors (Lipinski definition) is 2. The maximum Gasteiger partial charge on any atom is 0.319 e. The number of aromatic nitrogens is 3. The van der Waals surface area contributed by atoms with Crippen molar-refractivity contribution in [2.45, 2.75) is 30.6 Å². The summed E-state index contributed by atoms with van der Waals surface area (Å²) < 4.78 is 10.7. The third kappa shape index (κ3) is 5.84. The quantitative estimate of drug-likeness (QED) is 0.412. The van der Waals surface area contributed by atoms with Gasteiger partial charge in [0.1, 0.15) is 11.0 Å². The van der Waals surface area contributed by atoms with Crippen molar-refractivity contribution >= 4 is 35.3 Å². The molecule has 2 aromatic carbocycles. The van der Waals surface area contributed by atoms with E-state index in [-0.39, 0.29) is 35.5 Å². The fourth-order valence-electron chi connectivity index (χ4n) is 2.55. The number of nitrogens with two attached hydrogens (primary N) is 1. The van der Waals surface area contributed by atoms with Crippen LogP contribution in [0.25, 0.3) is 0 Å². The van der Waals surface area contributed by atoms with Crippen molar-refractivity contribution in [1.29, 1.82) is 0 Å². The molecule has 9 heteroatoms. The molecule has 8 nitrogen and oxygen atoms in total. The van der Waals surface area contributed by atoms with Gasteiger partial charge in [-0.25, -0.2) is 0 Å². The minimum atomic E-state index is -0.377. The predicted octanol–water partition coefficient (Wildman–Crippen LogP) is 3.74. The Hall–Kier alpha value is -3.33. The minimum absolute atomic E-state index is 0.0236. The van der Waals surface area contributed by atoms with Crippen LogP contribution in [0.1, 0.15) is 18.3 Å². The van der Waals surface area contributed by atoms with Crippen molar-refractivity contribution in [3.63, 3.8) is 0 Å². The van der Waals surface area contributed by atoms with E-state index in [1.54, 1.807) is 14.0 Å². The molecule has 0 spiro atoms. The molecule has 1 unspecified atom stereocenters. The molecule has 3 rings (SSSR count). The highest BCUT2D eigenvalue weighted by molar-refractivity contribution is 8.00. The van der Waals surface area contributed by atoms with Crippen LogP contribution in [0.2, 0.25) is 0 Å². The van der Waals surface area contributed by atoms with Crippen molar-refractivity contribution in [3.05, 3.63) is 59.9 Å². The van der Waals surface area contributed by atoms with Crippen LogP contribution in [0.3, 0.4) is 0 Å². The lowest BCUT2D eigenvalue weighted by atomic mass is 10.2. The number of nitrogen functional groups attached to an aromatic ring is 1. The zero-order valence-electron chi connectivity index (χ0n) is 17.0. The summed E-state index contributed by atoms with van der Waals surface area (Å²) in [7, 11) is 1.57. The number of aryl methyl sites for hydroxylation is 1. The van der Waals surface area contributed by atoms with E-state index in [1.807, 2.05) is 55.5 Å². The van der Waals surface area contributed by atoms with Crippen LogP contribution < -0.4 is 15.8 Å². The Morgan fingerprint density at radius 3 is 2.60 bits per heavy atom. The van der Waals surface area contributed by atoms with E-state index < -0.39 is 0 Å². The van der Waals surface area contributed by atoms with E-state index in [0.29, 0.717) is 11.4 Å². The van der Waals surface area contributed by atoms with Crippen molar-refractivity contribution in [2.75, 3.05) is 18.2 Å². The average Bonchev–Trinajstić information content (AvgIpc) is 2.73. The summed E-state index contributed by atoms with van der Waals surface area (Å²) in [6, 6.07) is 15.3. The summed E-state index contributed by atoms with van der Waals surface area (Å²) in [6.07, 6.45) is 0. The molecule has 0 aliphatic heterocycles. The summed E-state index contributed by atoms with van der Waals surface area (Å²) in [5.41, 5.74) is 7.63. The number of ether oxygens (including phenoxy) is 2. The summed E-state index contributed by atoms with van der Waals surface area (Å²) in [6.45, 7) is 3.71. The number of esters is 1. The van der Waals surface area contributed by atoms with E-state index in [1.165, 1.54) is 17.3 Å². The van der Waals surface area contributed by atoms with Gasteiger partial charge in [0.15, 0.2) is 12.4 Å². The molecular weight excluding hydrogens is 402 g/mol. The second-order valence-electron chi connectivity index (χ2n) is 6.44. The summed E-state index contributed by atoms with van der Waals surface area (Å²) in [5, 5.41) is 2.66. The number of rotatable bonds is 8. The van der Waals surface area contributed by atoms with Gasteiger partial charge in [0.2, 0.25) is 11.9 Å². The molecule has 0 fully saturated rings. The molecule has 0 amide bonds. The van der Waals surface area contributed by atoms with Crippen molar-refractivity contribution in [2.24, 2.45) is 0 Å². The van der Waals surface area contributed by atoms with Gasteiger partial charge >= 0.3 is 5.97 Å². The van der Waals surface area contributed by atoms with Gasteiger partial charge in [0.05, 0.1) is 12.8 Å². The number of nitrogens with one attached hydrogen (secondary N) is 1. The normalized spacial score (nSPS) is 11.6. The topological polar surface area (TPSA) is 112 Å². The number of nitrogens with zero attached hydrogens (tertiary/aromatic N) is 3. The highest BCUT2D eigenvalue weighted by Crippen LogP contribution is 2.26. The molecule has 0 saturated heterocycles. The largest absolute Gasteiger partial charge is 0.495 e. The number of para-hydroxylation sites is 2. The zero-order valence-corrected chi connectivity index (χ0v) is 17.8. The van der Waals surface area contributed by atoms with Crippen molar-refractivity contribution < 1.29 is 14.3 Å². The van der Waals surface area contributed by atoms with E-state index in [9.17, 15) is 4.79 Å². The third-order valence-electron chi connectivity index (χ3n) is 4.06. The van der Waals surface area contributed by atoms with E-state index in [0.717, 1.165) is 4.90 Å². The second-order valence-corrected chi connectivity index (χ2v) is 7.85. The minimum Gasteiger partial charge on any atom is -0.495 e. The van der Waals surface area contributed by atoms with Gasteiger partial charge in [-0.15, -0.1) is 11.8 Å². The van der Waals surface area contributed by atoms with Crippen molar-refractivity contribution in [1.82, 2.24) is 15.0 Å². The SMILES string of the molecule is COc1ccccc1Nc1nc(N)nc(COC(=O)C(C)Sc2ccc(C)cc2)n1. The highest BCUT2D eigenvalue weighted by atomic mass is 32.2. The first-order chi connectivity index (χ1) is 14.4. The lowest BCUT2D eigenvalue weighted by Crippen LogP contribution is -2.18. The predicted molar refractivity (Wildman–Crippen MR) is 117 cm³/mol. The number of carbonyl (C=O) groups is 1. The molecule has 0 radical (unpaired) electrons. The molecule has 30 heavy (non-hydrogen) atoms. The molecule has 1 atom stereocenters. The van der Waals surface area contributed by atoms with Crippen LogP contribution >= 0.6 is 11.8 Å². The molecule has 0 saturated carbocycles. The van der Waals surface area contributed by atoms with E-state index in [4.69, 9.17) is 15.2 Å². The van der Waals surface area contributed by atoms with Gasteiger partial charge in [0.25, 0.3) is 0 Å². The molecule has 3 aromatic rings. The smallest absolute Gasteiger partial charge is 0.319 e. The first-order valence-electron chi connectivity index (χ1n) is 9.25. The highest BCUT2D eigenvalue weighted by Gasteiger charge is 2.17. The number of thioether (sulfide) groups is 1. The zero-order chi connectivity index (χ0) is 21.5. The van der Waals surface area contributed by atoms with E-state index in [2.05, 4.69) is 20.3 Å². The number of anilines is 3. The molecule has 3 N–H and O–H groups in total. The Balaban J connectivity index is 1.62. The van der Waals surface area contributed by atoms with Crippen LogP contribution in [-0.4, -0.2) is 33.3 Å². The second kappa shape index (κ2) is 9.93. The van der Waals surface area contributed by atoms with Crippen LogP contribution in [-0.2, 0) is 16.1 Å². The Labute approximate surface area is 179 Å². The first-order valence-corrected chi connectivity index (χ1v) is 10.1. The Bertz CT molecular complexity index is 1010. The van der Waals surface area contributed by atoms with Crippen LogP contribution in [0.15, 0.2) is 53.4 Å². The average molecular weight is 426 g/mol. The molecule has 156 valence electrons. The molecule has 0 aliphatic carbocycles.